The molecule has 0 fully saturated rings. The molecule has 0 saturated carbocycles. The molecule has 6 heteroatoms. The van der Waals surface area contributed by atoms with E-state index in [-0.39, 0.29) is 0 Å². The van der Waals surface area contributed by atoms with Crippen LogP contribution in [-0.2, 0) is 0 Å². The maximum absolute atomic E-state index is 4.77. The van der Waals surface area contributed by atoms with Crippen LogP contribution >= 0.6 is 11.3 Å². The van der Waals surface area contributed by atoms with E-state index in [1.807, 2.05) is 4.52 Å². The number of hydrogen-bond donors (Lipinski definition) is 0. The number of benzene rings is 1. The molecule has 1 aliphatic heterocycles. The van der Waals surface area contributed by atoms with Crippen LogP contribution in [-0.4, -0.2) is 44.3 Å². The predicted octanol–water partition coefficient (Wildman–Crippen LogP) is 3.27. The van der Waals surface area contributed by atoms with Gasteiger partial charge in [0.25, 0.3) is 0 Å². The SMILES string of the molecule is CCN1CC=C(c2nn3c(-c4ccc(C)cc4)nnc3s2)CC1. The molecule has 23 heavy (non-hydrogen) atoms. The first kappa shape index (κ1) is 14.5. The lowest BCUT2D eigenvalue weighted by Gasteiger charge is -2.23. The van der Waals surface area contributed by atoms with Crippen molar-refractivity contribution in [2.45, 2.75) is 20.3 Å². The zero-order chi connectivity index (χ0) is 15.8. The van der Waals surface area contributed by atoms with E-state index in [1.165, 1.54) is 11.1 Å². The van der Waals surface area contributed by atoms with Gasteiger partial charge in [-0.15, -0.1) is 10.2 Å². The Hall–Kier alpha value is -2.05. The third-order valence-corrected chi connectivity index (χ3v) is 5.29. The Morgan fingerprint density at radius 3 is 2.70 bits per heavy atom. The van der Waals surface area contributed by atoms with Gasteiger partial charge in [0.1, 0.15) is 5.01 Å². The molecule has 0 saturated heterocycles. The second-order valence-electron chi connectivity index (χ2n) is 5.86. The smallest absolute Gasteiger partial charge is 0.235 e. The van der Waals surface area contributed by atoms with Crippen LogP contribution in [0.15, 0.2) is 30.3 Å². The van der Waals surface area contributed by atoms with Crippen LogP contribution < -0.4 is 0 Å². The van der Waals surface area contributed by atoms with E-state index in [0.717, 1.165) is 47.4 Å². The van der Waals surface area contributed by atoms with Crippen molar-refractivity contribution in [2.75, 3.05) is 19.6 Å². The third-order valence-electron chi connectivity index (χ3n) is 4.32. The van der Waals surface area contributed by atoms with E-state index in [0.29, 0.717) is 0 Å². The van der Waals surface area contributed by atoms with E-state index in [1.54, 1.807) is 11.3 Å². The Kier molecular flexibility index (Phi) is 3.71. The van der Waals surface area contributed by atoms with Crippen molar-refractivity contribution in [3.8, 4) is 11.4 Å². The summed E-state index contributed by atoms with van der Waals surface area (Å²) in [7, 11) is 0. The number of fused-ring (bicyclic) bond motifs is 1. The number of nitrogens with zero attached hydrogens (tertiary/aromatic N) is 5. The molecule has 0 bridgehead atoms. The average Bonchev–Trinajstić information content (AvgIpc) is 3.16. The largest absolute Gasteiger partial charge is 0.300 e. The molecule has 0 N–H and O–H groups in total. The fraction of sp³-hybridized carbons (Fsp3) is 0.353. The normalized spacial score (nSPS) is 16.0. The van der Waals surface area contributed by atoms with Gasteiger partial charge in [0.2, 0.25) is 4.96 Å². The molecule has 3 heterocycles. The molecule has 0 amide bonds. The predicted molar refractivity (Wildman–Crippen MR) is 93.5 cm³/mol. The second-order valence-corrected chi connectivity index (χ2v) is 6.82. The zero-order valence-electron chi connectivity index (χ0n) is 13.4. The highest BCUT2D eigenvalue weighted by Gasteiger charge is 2.18. The van der Waals surface area contributed by atoms with Crippen LogP contribution in [0.5, 0.6) is 0 Å². The molecule has 5 nitrogen and oxygen atoms in total. The third kappa shape index (κ3) is 2.68. The molecule has 1 aromatic carbocycles. The van der Waals surface area contributed by atoms with Crippen molar-refractivity contribution >= 4 is 21.9 Å². The lowest BCUT2D eigenvalue weighted by Crippen LogP contribution is -2.28. The lowest BCUT2D eigenvalue weighted by molar-refractivity contribution is 0.318. The van der Waals surface area contributed by atoms with Crippen molar-refractivity contribution in [1.82, 2.24) is 24.7 Å². The minimum atomic E-state index is 0.814. The topological polar surface area (TPSA) is 46.3 Å². The van der Waals surface area contributed by atoms with Crippen LogP contribution in [0.2, 0.25) is 0 Å². The fourth-order valence-corrected chi connectivity index (χ4v) is 3.73. The van der Waals surface area contributed by atoms with Crippen LogP contribution in [0.1, 0.15) is 23.9 Å². The molecular weight excluding hydrogens is 306 g/mol. The van der Waals surface area contributed by atoms with Gasteiger partial charge >= 0.3 is 0 Å². The number of aryl methyl sites for hydroxylation is 1. The van der Waals surface area contributed by atoms with Crippen LogP contribution in [0.25, 0.3) is 21.9 Å². The molecule has 2 aromatic heterocycles. The summed E-state index contributed by atoms with van der Waals surface area (Å²) in [5, 5.41) is 14.4. The quantitative estimate of drug-likeness (QED) is 0.741. The van der Waals surface area contributed by atoms with Crippen molar-refractivity contribution in [2.24, 2.45) is 0 Å². The van der Waals surface area contributed by atoms with E-state index in [4.69, 9.17) is 5.10 Å². The zero-order valence-corrected chi connectivity index (χ0v) is 14.2. The molecule has 4 rings (SSSR count). The van der Waals surface area contributed by atoms with Crippen molar-refractivity contribution in [3.05, 3.63) is 40.9 Å². The first-order valence-electron chi connectivity index (χ1n) is 7.95. The van der Waals surface area contributed by atoms with Gasteiger partial charge in [0.15, 0.2) is 5.82 Å². The summed E-state index contributed by atoms with van der Waals surface area (Å²) in [5.41, 5.74) is 3.62. The van der Waals surface area contributed by atoms with Gasteiger partial charge < -0.3 is 0 Å². The van der Waals surface area contributed by atoms with Gasteiger partial charge in [-0.05, 0) is 25.5 Å². The fourth-order valence-electron chi connectivity index (χ4n) is 2.82. The molecule has 0 unspecified atom stereocenters. The highest BCUT2D eigenvalue weighted by molar-refractivity contribution is 7.17. The van der Waals surface area contributed by atoms with E-state index < -0.39 is 0 Å². The Labute approximate surface area is 139 Å². The van der Waals surface area contributed by atoms with E-state index >= 15 is 0 Å². The first-order chi connectivity index (χ1) is 11.2. The van der Waals surface area contributed by atoms with Crippen molar-refractivity contribution in [3.63, 3.8) is 0 Å². The second kappa shape index (κ2) is 5.86. The van der Waals surface area contributed by atoms with Crippen LogP contribution in [0.4, 0.5) is 0 Å². The molecule has 0 radical (unpaired) electrons. The maximum atomic E-state index is 4.77. The number of aromatic nitrogens is 4. The summed E-state index contributed by atoms with van der Waals surface area (Å²) in [6.45, 7) is 7.51. The van der Waals surface area contributed by atoms with Gasteiger partial charge in [-0.25, -0.2) is 0 Å². The highest BCUT2D eigenvalue weighted by atomic mass is 32.1. The Bertz CT molecular complexity index is 859. The van der Waals surface area contributed by atoms with Crippen molar-refractivity contribution < 1.29 is 0 Å². The Morgan fingerprint density at radius 2 is 2.00 bits per heavy atom. The Balaban J connectivity index is 1.70. The minimum absolute atomic E-state index is 0.814. The van der Waals surface area contributed by atoms with E-state index in [9.17, 15) is 0 Å². The summed E-state index contributed by atoms with van der Waals surface area (Å²) in [4.78, 5) is 3.29. The summed E-state index contributed by atoms with van der Waals surface area (Å²) >= 11 is 1.62. The number of likely N-dealkylation sites (N-methyl/N-ethyl adjacent to an activating group) is 1. The van der Waals surface area contributed by atoms with Crippen LogP contribution in [0, 0.1) is 6.92 Å². The molecule has 1 aliphatic rings. The molecule has 0 aliphatic carbocycles. The average molecular weight is 325 g/mol. The highest BCUT2D eigenvalue weighted by Crippen LogP contribution is 2.28. The van der Waals surface area contributed by atoms with Gasteiger partial charge in [-0.1, -0.05) is 54.2 Å². The van der Waals surface area contributed by atoms with Gasteiger partial charge in [0, 0.05) is 18.7 Å². The summed E-state index contributed by atoms with van der Waals surface area (Å²) in [5.74, 6) is 0.814. The summed E-state index contributed by atoms with van der Waals surface area (Å²) in [6.07, 6.45) is 3.35. The lowest BCUT2D eigenvalue weighted by atomic mass is 10.1. The van der Waals surface area contributed by atoms with Crippen molar-refractivity contribution in [1.29, 1.82) is 0 Å². The number of hydrogen-bond acceptors (Lipinski definition) is 5. The first-order valence-corrected chi connectivity index (χ1v) is 8.77. The Morgan fingerprint density at radius 1 is 1.17 bits per heavy atom. The molecule has 0 atom stereocenters. The molecule has 118 valence electrons. The molecule has 0 spiro atoms. The van der Waals surface area contributed by atoms with Gasteiger partial charge in [-0.2, -0.15) is 9.61 Å². The van der Waals surface area contributed by atoms with Crippen LogP contribution in [0.3, 0.4) is 0 Å². The monoisotopic (exact) mass is 325 g/mol. The standard InChI is InChI=1S/C17H19N5S/c1-3-21-10-8-14(9-11-21)16-20-22-15(18-19-17(22)23-16)13-6-4-12(2)5-7-13/h4-8H,3,9-11H2,1-2H3. The summed E-state index contributed by atoms with van der Waals surface area (Å²) < 4.78 is 1.87. The number of rotatable bonds is 3. The minimum Gasteiger partial charge on any atom is -0.300 e. The summed E-state index contributed by atoms with van der Waals surface area (Å²) in [6, 6.07) is 8.33. The van der Waals surface area contributed by atoms with Gasteiger partial charge in [0.05, 0.1) is 0 Å². The molecule has 3 aromatic rings. The van der Waals surface area contributed by atoms with Gasteiger partial charge in [-0.3, -0.25) is 4.90 Å². The maximum Gasteiger partial charge on any atom is 0.235 e. The van der Waals surface area contributed by atoms with E-state index in [2.05, 4.69) is 59.3 Å². The molecular formula is C17H19N5S.